The van der Waals surface area contributed by atoms with Gasteiger partial charge in [-0.25, -0.2) is 0 Å². The molecule has 2 aromatic carbocycles. The van der Waals surface area contributed by atoms with Crippen molar-refractivity contribution in [3.8, 4) is 22.9 Å². The smallest absolute Gasteiger partial charge is 0.261 e. The summed E-state index contributed by atoms with van der Waals surface area (Å²) in [6, 6.07) is 14.9. The van der Waals surface area contributed by atoms with Crippen LogP contribution in [-0.2, 0) is 11.3 Å². The fourth-order valence-corrected chi connectivity index (χ4v) is 2.69. The second-order valence-corrected chi connectivity index (χ2v) is 6.41. The minimum Gasteiger partial charge on any atom is -0.497 e. The van der Waals surface area contributed by atoms with E-state index in [1.54, 1.807) is 18.1 Å². The van der Waals surface area contributed by atoms with Gasteiger partial charge in [-0.15, -0.1) is 6.58 Å². The lowest BCUT2D eigenvalue weighted by Gasteiger charge is -2.19. The first-order valence-electron chi connectivity index (χ1n) is 9.14. The zero-order valence-corrected chi connectivity index (χ0v) is 16.5. The number of hydrogen-bond acceptors (Lipinski definition) is 6. The average molecular weight is 393 g/mol. The van der Waals surface area contributed by atoms with Gasteiger partial charge in [-0.2, -0.15) is 4.98 Å². The molecule has 0 aliphatic carbocycles. The molecule has 0 saturated carbocycles. The van der Waals surface area contributed by atoms with Gasteiger partial charge < -0.3 is 18.9 Å². The Bertz CT molecular complexity index is 966. The third-order valence-electron chi connectivity index (χ3n) is 4.20. The van der Waals surface area contributed by atoms with Crippen LogP contribution in [0.1, 0.15) is 11.5 Å². The Kier molecular flexibility index (Phi) is 6.63. The summed E-state index contributed by atoms with van der Waals surface area (Å²) in [4.78, 5) is 18.5. The lowest BCUT2D eigenvalue weighted by molar-refractivity contribution is -0.133. The molecule has 0 aliphatic rings. The summed E-state index contributed by atoms with van der Waals surface area (Å²) in [6.07, 6.45) is 1.64. The molecule has 3 aromatic rings. The molecule has 0 atom stereocenters. The predicted octanol–water partition coefficient (Wildman–Crippen LogP) is 3.65. The summed E-state index contributed by atoms with van der Waals surface area (Å²) in [5.74, 6) is 1.98. The van der Waals surface area contributed by atoms with Crippen molar-refractivity contribution in [2.75, 3.05) is 20.3 Å². The van der Waals surface area contributed by atoms with Crippen LogP contribution in [0.15, 0.2) is 65.7 Å². The first-order chi connectivity index (χ1) is 14.1. The first kappa shape index (κ1) is 20.1. The van der Waals surface area contributed by atoms with Gasteiger partial charge in [-0.3, -0.25) is 4.79 Å². The quantitative estimate of drug-likeness (QED) is 0.517. The van der Waals surface area contributed by atoms with Gasteiger partial charge in [0.2, 0.25) is 11.7 Å². The van der Waals surface area contributed by atoms with E-state index in [0.717, 1.165) is 16.9 Å². The number of ether oxygens (including phenoxy) is 2. The van der Waals surface area contributed by atoms with Crippen molar-refractivity contribution in [1.82, 2.24) is 15.0 Å². The van der Waals surface area contributed by atoms with Crippen molar-refractivity contribution in [2.45, 2.75) is 13.5 Å². The molecule has 150 valence electrons. The molecule has 0 radical (unpaired) electrons. The number of nitrogens with zero attached hydrogens (tertiary/aromatic N) is 3. The fourth-order valence-electron chi connectivity index (χ4n) is 2.69. The summed E-state index contributed by atoms with van der Waals surface area (Å²) in [6.45, 7) is 6.11. The maximum absolute atomic E-state index is 12.6. The number of carbonyl (C=O) groups excluding carboxylic acids is 1. The van der Waals surface area contributed by atoms with E-state index in [4.69, 9.17) is 14.0 Å². The standard InChI is InChI=1S/C22H23N3O4/c1-4-12-25(21(26)15-28-19-7-5-6-16(2)13-19)14-20-23-22(24-29-20)17-8-10-18(27-3)11-9-17/h4-11,13H,1,12,14-15H2,2-3H3. The van der Waals surface area contributed by atoms with Crippen molar-refractivity contribution in [2.24, 2.45) is 0 Å². The number of methoxy groups -OCH3 is 1. The molecule has 1 heterocycles. The predicted molar refractivity (Wildman–Crippen MR) is 109 cm³/mol. The Hall–Kier alpha value is -3.61. The number of rotatable bonds is 9. The molecule has 7 heteroatoms. The van der Waals surface area contributed by atoms with E-state index in [1.165, 1.54) is 0 Å². The molecule has 0 spiro atoms. The van der Waals surface area contributed by atoms with Gasteiger partial charge in [-0.1, -0.05) is 23.4 Å². The maximum atomic E-state index is 12.6. The summed E-state index contributed by atoms with van der Waals surface area (Å²) in [5.41, 5.74) is 1.86. The lowest BCUT2D eigenvalue weighted by atomic mass is 10.2. The zero-order chi connectivity index (χ0) is 20.6. The van der Waals surface area contributed by atoms with Crippen molar-refractivity contribution in [3.05, 3.63) is 72.6 Å². The Balaban J connectivity index is 1.64. The van der Waals surface area contributed by atoms with Crippen LogP contribution in [0.4, 0.5) is 0 Å². The number of benzene rings is 2. The molecule has 1 amide bonds. The van der Waals surface area contributed by atoms with Gasteiger partial charge in [0, 0.05) is 12.1 Å². The maximum Gasteiger partial charge on any atom is 0.261 e. The minimum atomic E-state index is -0.199. The summed E-state index contributed by atoms with van der Waals surface area (Å²) in [7, 11) is 1.61. The van der Waals surface area contributed by atoms with Gasteiger partial charge in [0.25, 0.3) is 5.91 Å². The van der Waals surface area contributed by atoms with Crippen LogP contribution in [0.2, 0.25) is 0 Å². The molecule has 0 N–H and O–H groups in total. The molecule has 7 nitrogen and oxygen atoms in total. The van der Waals surface area contributed by atoms with Crippen molar-refractivity contribution >= 4 is 5.91 Å². The third-order valence-corrected chi connectivity index (χ3v) is 4.20. The Morgan fingerprint density at radius 1 is 1.21 bits per heavy atom. The van der Waals surface area contributed by atoms with Crippen LogP contribution in [0.5, 0.6) is 11.5 Å². The van der Waals surface area contributed by atoms with Gasteiger partial charge in [-0.05, 0) is 48.9 Å². The van der Waals surface area contributed by atoms with E-state index in [-0.39, 0.29) is 19.1 Å². The molecular formula is C22H23N3O4. The van der Waals surface area contributed by atoms with E-state index < -0.39 is 0 Å². The van der Waals surface area contributed by atoms with Crippen LogP contribution in [0.3, 0.4) is 0 Å². The third kappa shape index (κ3) is 5.44. The number of aromatic nitrogens is 2. The van der Waals surface area contributed by atoms with Gasteiger partial charge in [0.1, 0.15) is 18.0 Å². The molecule has 0 aliphatic heterocycles. The highest BCUT2D eigenvalue weighted by molar-refractivity contribution is 5.77. The van der Waals surface area contributed by atoms with Gasteiger partial charge in [0.15, 0.2) is 6.61 Å². The van der Waals surface area contributed by atoms with Crippen molar-refractivity contribution < 1.29 is 18.8 Å². The van der Waals surface area contributed by atoms with Crippen molar-refractivity contribution in [1.29, 1.82) is 0 Å². The first-order valence-corrected chi connectivity index (χ1v) is 9.14. The molecule has 0 bridgehead atoms. The summed E-state index contributed by atoms with van der Waals surface area (Å²) >= 11 is 0. The highest BCUT2D eigenvalue weighted by Gasteiger charge is 2.18. The Labute approximate surface area is 169 Å². The van der Waals surface area contributed by atoms with E-state index >= 15 is 0 Å². The van der Waals surface area contributed by atoms with Crippen LogP contribution in [0, 0.1) is 6.92 Å². The number of amides is 1. The van der Waals surface area contributed by atoms with Crippen LogP contribution in [-0.4, -0.2) is 41.2 Å². The number of aryl methyl sites for hydroxylation is 1. The molecule has 29 heavy (non-hydrogen) atoms. The summed E-state index contributed by atoms with van der Waals surface area (Å²) < 4.78 is 16.1. The molecule has 0 saturated heterocycles. The molecule has 3 rings (SSSR count). The second kappa shape index (κ2) is 9.54. The van der Waals surface area contributed by atoms with Gasteiger partial charge >= 0.3 is 0 Å². The highest BCUT2D eigenvalue weighted by atomic mass is 16.5. The van der Waals surface area contributed by atoms with E-state index in [1.807, 2.05) is 55.5 Å². The lowest BCUT2D eigenvalue weighted by Crippen LogP contribution is -2.34. The van der Waals surface area contributed by atoms with E-state index in [9.17, 15) is 4.79 Å². The van der Waals surface area contributed by atoms with Crippen molar-refractivity contribution in [3.63, 3.8) is 0 Å². The molecular weight excluding hydrogens is 370 g/mol. The minimum absolute atomic E-state index is 0.0865. The SMILES string of the molecule is C=CCN(Cc1nc(-c2ccc(OC)cc2)no1)C(=O)COc1cccc(C)c1. The van der Waals surface area contributed by atoms with Crippen LogP contribution in [0.25, 0.3) is 11.4 Å². The average Bonchev–Trinajstić information content (AvgIpc) is 3.20. The van der Waals surface area contributed by atoms with Gasteiger partial charge in [0.05, 0.1) is 7.11 Å². The largest absolute Gasteiger partial charge is 0.497 e. The Morgan fingerprint density at radius 3 is 2.69 bits per heavy atom. The van der Waals surface area contributed by atoms with E-state index in [0.29, 0.717) is 24.0 Å². The highest BCUT2D eigenvalue weighted by Crippen LogP contribution is 2.20. The normalized spacial score (nSPS) is 10.4. The number of carbonyl (C=O) groups is 1. The topological polar surface area (TPSA) is 77.7 Å². The summed E-state index contributed by atoms with van der Waals surface area (Å²) in [5, 5.41) is 4.00. The van der Waals surface area contributed by atoms with E-state index in [2.05, 4.69) is 16.7 Å². The molecule has 0 fully saturated rings. The van der Waals surface area contributed by atoms with Crippen LogP contribution < -0.4 is 9.47 Å². The number of hydrogen-bond donors (Lipinski definition) is 0. The molecule has 0 unspecified atom stereocenters. The second-order valence-electron chi connectivity index (χ2n) is 6.41. The monoisotopic (exact) mass is 393 g/mol. The zero-order valence-electron chi connectivity index (χ0n) is 16.5. The molecule has 1 aromatic heterocycles. The fraction of sp³-hybridized carbons (Fsp3) is 0.227. The van der Waals surface area contributed by atoms with Crippen LogP contribution >= 0.6 is 0 Å². The Morgan fingerprint density at radius 2 is 2.00 bits per heavy atom.